The van der Waals surface area contributed by atoms with Crippen molar-refractivity contribution in [3.05, 3.63) is 66.5 Å². The summed E-state index contributed by atoms with van der Waals surface area (Å²) in [4.78, 5) is 44.5. The maximum Gasteiger partial charge on any atom is 0.330 e. The van der Waals surface area contributed by atoms with Crippen molar-refractivity contribution in [2.75, 3.05) is 19.1 Å². The number of rotatable bonds is 8. The van der Waals surface area contributed by atoms with Crippen molar-refractivity contribution in [3.8, 4) is 17.0 Å². The molecule has 3 aromatic heterocycles. The molecule has 0 aromatic carbocycles. The van der Waals surface area contributed by atoms with Gasteiger partial charge in [-0.15, -0.1) is 0 Å². The molecule has 3 heterocycles. The molecule has 4 rings (SSSR count). The largest absolute Gasteiger partial charge is 0.481 e. The molecule has 0 radical (unpaired) electrons. The van der Waals surface area contributed by atoms with E-state index in [0.717, 1.165) is 48.8 Å². The molecule has 186 valence electrons. The van der Waals surface area contributed by atoms with Crippen LogP contribution in [0.25, 0.3) is 17.2 Å². The maximum atomic E-state index is 13.6. The number of carbonyl (C=O) groups excluding carboxylic acids is 2. The van der Waals surface area contributed by atoms with Crippen LogP contribution in [0.4, 0.5) is 5.82 Å². The Labute approximate surface area is 210 Å². The van der Waals surface area contributed by atoms with E-state index in [1.807, 2.05) is 6.07 Å². The van der Waals surface area contributed by atoms with Crippen LogP contribution < -0.4 is 9.64 Å². The summed E-state index contributed by atoms with van der Waals surface area (Å²) in [6.45, 7) is 0.188. The van der Waals surface area contributed by atoms with E-state index in [9.17, 15) is 9.59 Å². The summed E-state index contributed by atoms with van der Waals surface area (Å²) in [7, 11) is 2.89. The highest BCUT2D eigenvalue weighted by molar-refractivity contribution is 5.94. The highest BCUT2D eigenvalue weighted by Gasteiger charge is 2.28. The lowest BCUT2D eigenvalue weighted by Gasteiger charge is -2.28. The summed E-state index contributed by atoms with van der Waals surface area (Å²) in [5.41, 5.74) is 2.41. The van der Waals surface area contributed by atoms with Crippen LogP contribution in [0.3, 0.4) is 0 Å². The van der Waals surface area contributed by atoms with Gasteiger partial charge in [-0.3, -0.25) is 9.69 Å². The number of hydrogen-bond donors (Lipinski definition) is 0. The summed E-state index contributed by atoms with van der Waals surface area (Å²) < 4.78 is 9.78. The van der Waals surface area contributed by atoms with Gasteiger partial charge in [-0.05, 0) is 42.7 Å². The molecule has 1 fully saturated rings. The molecule has 0 unspecified atom stereocenters. The molecule has 0 spiro atoms. The van der Waals surface area contributed by atoms with Crippen LogP contribution in [0.1, 0.15) is 43.5 Å². The molecule has 0 aliphatic heterocycles. The molecule has 0 N–H and O–H groups in total. The highest BCUT2D eigenvalue weighted by atomic mass is 16.5. The molecule has 0 bridgehead atoms. The second-order valence-electron chi connectivity index (χ2n) is 8.54. The van der Waals surface area contributed by atoms with Crippen LogP contribution >= 0.6 is 0 Å². The average Bonchev–Trinajstić information content (AvgIpc) is 2.95. The predicted octanol–water partition coefficient (Wildman–Crippen LogP) is 4.24. The quantitative estimate of drug-likeness (QED) is 0.343. The summed E-state index contributed by atoms with van der Waals surface area (Å²) in [5, 5.41) is 0. The molecule has 1 saturated carbocycles. The SMILES string of the molecule is COC(=O)/C=C/c1ccnc(N(Cc2ncc(-c3ccc(OC)nc3)cn2)C(=O)C2CCCCC2)c1. The number of hydrogen-bond acceptors (Lipinski definition) is 8. The van der Waals surface area contributed by atoms with Crippen LogP contribution in [0.15, 0.2) is 55.1 Å². The van der Waals surface area contributed by atoms with Crippen molar-refractivity contribution in [3.63, 3.8) is 0 Å². The highest BCUT2D eigenvalue weighted by Crippen LogP contribution is 2.28. The van der Waals surface area contributed by atoms with Crippen LogP contribution in [0, 0.1) is 5.92 Å². The second kappa shape index (κ2) is 12.0. The number of aromatic nitrogens is 4. The first-order chi connectivity index (χ1) is 17.6. The van der Waals surface area contributed by atoms with E-state index in [0.29, 0.717) is 17.5 Å². The minimum Gasteiger partial charge on any atom is -0.481 e. The van der Waals surface area contributed by atoms with E-state index in [2.05, 4.69) is 24.7 Å². The van der Waals surface area contributed by atoms with Gasteiger partial charge in [0.1, 0.15) is 11.6 Å². The molecular weight excluding hydrogens is 458 g/mol. The van der Waals surface area contributed by atoms with Gasteiger partial charge in [-0.1, -0.05) is 19.3 Å². The Kier molecular flexibility index (Phi) is 8.33. The number of amides is 1. The Morgan fingerprint density at radius 2 is 1.72 bits per heavy atom. The molecule has 36 heavy (non-hydrogen) atoms. The first kappa shape index (κ1) is 25.0. The lowest BCUT2D eigenvalue weighted by atomic mass is 9.88. The lowest BCUT2D eigenvalue weighted by molar-refractivity contribution is -0.134. The van der Waals surface area contributed by atoms with Crippen LogP contribution in [0.2, 0.25) is 0 Å². The molecule has 1 aliphatic rings. The number of methoxy groups -OCH3 is 2. The molecule has 1 aliphatic carbocycles. The number of pyridine rings is 2. The molecular formula is C27H29N5O4. The Bertz CT molecular complexity index is 1210. The number of anilines is 1. The van der Waals surface area contributed by atoms with Gasteiger partial charge in [0.25, 0.3) is 0 Å². The fraction of sp³-hybridized carbons (Fsp3) is 0.333. The molecule has 3 aromatic rings. The molecule has 0 atom stereocenters. The maximum absolute atomic E-state index is 13.6. The molecule has 1 amide bonds. The smallest absolute Gasteiger partial charge is 0.330 e. The van der Waals surface area contributed by atoms with Crippen molar-refractivity contribution in [1.82, 2.24) is 19.9 Å². The van der Waals surface area contributed by atoms with Gasteiger partial charge in [0.15, 0.2) is 0 Å². The van der Waals surface area contributed by atoms with Gasteiger partial charge in [0.05, 0.1) is 20.8 Å². The van der Waals surface area contributed by atoms with Crippen LogP contribution in [-0.2, 0) is 20.9 Å². The monoisotopic (exact) mass is 487 g/mol. The van der Waals surface area contributed by atoms with Crippen molar-refractivity contribution < 1.29 is 19.1 Å². The van der Waals surface area contributed by atoms with Crippen LogP contribution in [-0.4, -0.2) is 46.0 Å². The number of nitrogens with zero attached hydrogens (tertiary/aromatic N) is 5. The third-order valence-corrected chi connectivity index (χ3v) is 6.16. The standard InChI is InChI=1S/C27H29N5O4/c1-35-25-10-9-21(15-31-25)22-16-29-23(30-17-22)18-32(27(34)20-6-4-3-5-7-20)24-14-19(12-13-28-24)8-11-26(33)36-2/h8-17,20H,3-7,18H2,1-2H3/b11-8+. The summed E-state index contributed by atoms with van der Waals surface area (Å²) in [5.74, 6) is 1.03. The Balaban J connectivity index is 1.59. The zero-order valence-corrected chi connectivity index (χ0v) is 20.5. The van der Waals surface area contributed by atoms with Crippen LogP contribution in [0.5, 0.6) is 5.88 Å². The molecule has 9 nitrogen and oxygen atoms in total. The van der Waals surface area contributed by atoms with Gasteiger partial charge >= 0.3 is 5.97 Å². The van der Waals surface area contributed by atoms with E-state index in [-0.39, 0.29) is 18.4 Å². The topological polar surface area (TPSA) is 107 Å². The second-order valence-corrected chi connectivity index (χ2v) is 8.54. The summed E-state index contributed by atoms with van der Waals surface area (Å²) in [6, 6.07) is 7.21. The van der Waals surface area contributed by atoms with E-state index in [1.54, 1.807) is 61.1 Å². The first-order valence-electron chi connectivity index (χ1n) is 11.9. The zero-order chi connectivity index (χ0) is 25.3. The van der Waals surface area contributed by atoms with Gasteiger partial charge in [0.2, 0.25) is 11.8 Å². The Morgan fingerprint density at radius 1 is 0.972 bits per heavy atom. The lowest BCUT2D eigenvalue weighted by Crippen LogP contribution is -2.37. The number of carbonyl (C=O) groups is 2. The summed E-state index contributed by atoms with van der Waals surface area (Å²) >= 11 is 0. The normalized spacial score (nSPS) is 13.9. The van der Waals surface area contributed by atoms with E-state index in [1.165, 1.54) is 13.2 Å². The minimum atomic E-state index is -0.455. The Morgan fingerprint density at radius 3 is 2.39 bits per heavy atom. The third-order valence-electron chi connectivity index (χ3n) is 6.16. The van der Waals surface area contributed by atoms with E-state index >= 15 is 0 Å². The number of esters is 1. The van der Waals surface area contributed by atoms with Crippen molar-refractivity contribution in [2.24, 2.45) is 5.92 Å². The zero-order valence-electron chi connectivity index (χ0n) is 20.5. The minimum absolute atomic E-state index is 0.0170. The van der Waals surface area contributed by atoms with Gasteiger partial charge in [0, 0.05) is 54.0 Å². The third kappa shape index (κ3) is 6.29. The Hall–Kier alpha value is -4.14. The van der Waals surface area contributed by atoms with Crippen molar-refractivity contribution in [1.29, 1.82) is 0 Å². The predicted molar refractivity (Wildman–Crippen MR) is 135 cm³/mol. The van der Waals surface area contributed by atoms with Gasteiger partial charge < -0.3 is 9.47 Å². The van der Waals surface area contributed by atoms with Gasteiger partial charge in [-0.25, -0.2) is 24.7 Å². The first-order valence-corrected chi connectivity index (χ1v) is 11.9. The molecule has 9 heteroatoms. The molecule has 0 saturated heterocycles. The van der Waals surface area contributed by atoms with Crippen molar-refractivity contribution in [2.45, 2.75) is 38.6 Å². The fourth-order valence-electron chi connectivity index (χ4n) is 4.16. The average molecular weight is 488 g/mol. The van der Waals surface area contributed by atoms with E-state index < -0.39 is 5.97 Å². The van der Waals surface area contributed by atoms with Crippen molar-refractivity contribution >= 4 is 23.8 Å². The van der Waals surface area contributed by atoms with Gasteiger partial charge in [-0.2, -0.15) is 0 Å². The fourth-order valence-corrected chi connectivity index (χ4v) is 4.16. The number of ether oxygens (including phenoxy) is 2. The van der Waals surface area contributed by atoms with E-state index in [4.69, 9.17) is 4.74 Å². The summed E-state index contributed by atoms with van der Waals surface area (Å²) in [6.07, 6.45) is 14.7.